The third kappa shape index (κ3) is 5.53. The van der Waals surface area contributed by atoms with Gasteiger partial charge in [0.1, 0.15) is 11.9 Å². The lowest BCUT2D eigenvalue weighted by Crippen LogP contribution is -3.15. The summed E-state index contributed by atoms with van der Waals surface area (Å²) in [5.41, 5.74) is 0.0451. The third-order valence-corrected chi connectivity index (χ3v) is 6.95. The number of likely N-dealkylation sites (tertiary alicyclic amines) is 1. The number of aliphatic hydroxyl groups is 1. The van der Waals surface area contributed by atoms with Gasteiger partial charge in [0, 0.05) is 24.8 Å². The summed E-state index contributed by atoms with van der Waals surface area (Å²) in [4.78, 5) is 38.2. The highest BCUT2D eigenvalue weighted by Gasteiger charge is 2.37. The Balaban J connectivity index is 1.37. The van der Waals surface area contributed by atoms with Gasteiger partial charge in [-0.15, -0.1) is 11.3 Å². The minimum absolute atomic E-state index is 0.00175. The lowest BCUT2D eigenvalue weighted by molar-refractivity contribution is -0.905. The van der Waals surface area contributed by atoms with Crippen LogP contribution in [0.4, 0.5) is 10.1 Å². The van der Waals surface area contributed by atoms with Gasteiger partial charge in [-0.25, -0.2) is 4.39 Å². The van der Waals surface area contributed by atoms with Crippen molar-refractivity contribution in [3.63, 3.8) is 0 Å². The lowest BCUT2D eigenvalue weighted by Gasteiger charge is -2.19. The minimum atomic E-state index is -0.670. The van der Waals surface area contributed by atoms with Gasteiger partial charge in [0.25, 0.3) is 17.4 Å². The van der Waals surface area contributed by atoms with Crippen LogP contribution in [-0.2, 0) is 4.79 Å². The molecule has 34 heavy (non-hydrogen) atoms. The fourth-order valence-electron chi connectivity index (χ4n) is 4.10. The van der Waals surface area contributed by atoms with Crippen molar-refractivity contribution in [3.05, 3.63) is 80.1 Å². The molecule has 1 aromatic carbocycles. The zero-order chi connectivity index (χ0) is 24.2. The number of pyridine rings is 1. The van der Waals surface area contributed by atoms with E-state index in [1.165, 1.54) is 40.3 Å². The quantitative estimate of drug-likeness (QED) is 0.385. The molecule has 2 amide bonds. The summed E-state index contributed by atoms with van der Waals surface area (Å²) in [6.07, 6.45) is 2.04. The Morgan fingerprint density at radius 1 is 1.24 bits per heavy atom. The zero-order valence-electron chi connectivity index (χ0n) is 18.0. The Bertz CT molecular complexity index is 1260. The number of hydrogen-bond acceptors (Lipinski definition) is 5. The SMILES string of the molecule is O=C(C[NH+]1C[C@H](NC(=O)c2ccc(Cl)s2)C[C@H]1CO)Nc1ccc(-n2ccccc2=O)cc1F. The van der Waals surface area contributed by atoms with Crippen molar-refractivity contribution >= 4 is 40.4 Å². The molecule has 1 fully saturated rings. The van der Waals surface area contributed by atoms with Crippen LogP contribution in [0.1, 0.15) is 16.1 Å². The van der Waals surface area contributed by atoms with Crippen LogP contribution in [0, 0.1) is 5.82 Å². The molecule has 2 aromatic heterocycles. The number of aliphatic hydroxyl groups excluding tert-OH is 1. The van der Waals surface area contributed by atoms with E-state index in [2.05, 4.69) is 10.6 Å². The van der Waals surface area contributed by atoms with E-state index in [1.807, 2.05) is 0 Å². The molecule has 3 heterocycles. The minimum Gasteiger partial charge on any atom is -0.390 e. The van der Waals surface area contributed by atoms with E-state index < -0.39 is 11.7 Å². The number of carbonyl (C=O) groups is 2. The predicted octanol–water partition coefficient (Wildman–Crippen LogP) is 1.08. The van der Waals surface area contributed by atoms with Crippen molar-refractivity contribution < 1.29 is 24.0 Å². The Labute approximate surface area is 203 Å². The summed E-state index contributed by atoms with van der Waals surface area (Å²) in [6, 6.07) is 11.6. The molecular formula is C23H23ClFN4O4S+. The van der Waals surface area contributed by atoms with Gasteiger partial charge in [-0.3, -0.25) is 19.0 Å². The number of rotatable bonds is 7. The number of nitrogens with one attached hydrogen (secondary N) is 3. The number of anilines is 1. The summed E-state index contributed by atoms with van der Waals surface area (Å²) in [5, 5.41) is 15.2. The second-order valence-electron chi connectivity index (χ2n) is 8.05. The number of aromatic nitrogens is 1. The Morgan fingerprint density at radius 3 is 2.74 bits per heavy atom. The van der Waals surface area contributed by atoms with Crippen molar-refractivity contribution in [2.75, 3.05) is 25.0 Å². The van der Waals surface area contributed by atoms with Crippen LogP contribution in [0.2, 0.25) is 4.34 Å². The first-order valence-corrected chi connectivity index (χ1v) is 11.8. The van der Waals surface area contributed by atoms with Crippen molar-refractivity contribution in [1.82, 2.24) is 9.88 Å². The maximum Gasteiger partial charge on any atom is 0.279 e. The normalized spacial score (nSPS) is 19.7. The fourth-order valence-corrected chi connectivity index (χ4v) is 5.04. The average molecular weight is 506 g/mol. The lowest BCUT2D eigenvalue weighted by atomic mass is 10.2. The molecule has 0 saturated carbocycles. The number of amides is 2. The predicted molar refractivity (Wildman–Crippen MR) is 127 cm³/mol. The molecule has 3 aromatic rings. The van der Waals surface area contributed by atoms with E-state index in [1.54, 1.807) is 30.3 Å². The van der Waals surface area contributed by atoms with Crippen LogP contribution in [0.25, 0.3) is 5.69 Å². The fraction of sp³-hybridized carbons (Fsp3) is 0.261. The van der Waals surface area contributed by atoms with Crippen LogP contribution in [0.3, 0.4) is 0 Å². The Morgan fingerprint density at radius 2 is 2.06 bits per heavy atom. The molecule has 0 spiro atoms. The summed E-state index contributed by atoms with van der Waals surface area (Å²) in [5.74, 6) is -1.34. The van der Waals surface area contributed by atoms with Crippen molar-refractivity contribution in [2.45, 2.75) is 18.5 Å². The van der Waals surface area contributed by atoms with Crippen LogP contribution in [0.5, 0.6) is 0 Å². The Hall–Kier alpha value is -3.05. The van der Waals surface area contributed by atoms with Gasteiger partial charge in [-0.05, 0) is 30.3 Å². The van der Waals surface area contributed by atoms with Gasteiger partial charge in [0.15, 0.2) is 6.54 Å². The van der Waals surface area contributed by atoms with Gasteiger partial charge in [-0.2, -0.15) is 0 Å². The van der Waals surface area contributed by atoms with E-state index in [0.717, 1.165) is 4.90 Å². The highest BCUT2D eigenvalue weighted by atomic mass is 35.5. The molecule has 0 radical (unpaired) electrons. The molecule has 1 unspecified atom stereocenters. The molecule has 4 rings (SSSR count). The molecule has 4 N–H and O–H groups in total. The highest BCUT2D eigenvalue weighted by Crippen LogP contribution is 2.21. The molecule has 3 atom stereocenters. The first-order valence-electron chi connectivity index (χ1n) is 10.6. The zero-order valence-corrected chi connectivity index (χ0v) is 19.5. The van der Waals surface area contributed by atoms with Gasteiger partial charge < -0.3 is 20.6 Å². The van der Waals surface area contributed by atoms with Crippen molar-refractivity contribution in [2.24, 2.45) is 0 Å². The second kappa shape index (κ2) is 10.5. The van der Waals surface area contributed by atoms with Crippen molar-refractivity contribution in [1.29, 1.82) is 0 Å². The average Bonchev–Trinajstić information content (AvgIpc) is 3.41. The van der Waals surface area contributed by atoms with E-state index in [4.69, 9.17) is 11.6 Å². The molecule has 1 aliphatic rings. The van der Waals surface area contributed by atoms with Gasteiger partial charge in [-0.1, -0.05) is 17.7 Å². The van der Waals surface area contributed by atoms with Gasteiger partial charge >= 0.3 is 0 Å². The van der Waals surface area contributed by atoms with Crippen molar-refractivity contribution in [3.8, 4) is 5.69 Å². The van der Waals surface area contributed by atoms with Gasteiger partial charge in [0.2, 0.25) is 0 Å². The molecule has 1 aliphatic heterocycles. The highest BCUT2D eigenvalue weighted by molar-refractivity contribution is 7.18. The monoisotopic (exact) mass is 505 g/mol. The number of quaternary nitrogens is 1. The summed E-state index contributed by atoms with van der Waals surface area (Å²) in [7, 11) is 0. The number of carbonyl (C=O) groups excluding carboxylic acids is 2. The van der Waals surface area contributed by atoms with Gasteiger partial charge in [0.05, 0.1) is 39.8 Å². The molecule has 0 bridgehead atoms. The number of benzene rings is 1. The van der Waals surface area contributed by atoms with Crippen LogP contribution < -0.4 is 21.1 Å². The van der Waals surface area contributed by atoms with Crippen LogP contribution in [0.15, 0.2) is 59.5 Å². The first-order chi connectivity index (χ1) is 16.3. The number of hydrogen-bond donors (Lipinski definition) is 4. The van der Waals surface area contributed by atoms with E-state index >= 15 is 0 Å². The van der Waals surface area contributed by atoms with Crippen LogP contribution in [-0.4, -0.2) is 53.3 Å². The topological polar surface area (TPSA) is 105 Å². The second-order valence-corrected chi connectivity index (χ2v) is 9.76. The molecule has 178 valence electrons. The molecular weight excluding hydrogens is 483 g/mol. The van der Waals surface area contributed by atoms with Crippen LogP contribution >= 0.6 is 22.9 Å². The summed E-state index contributed by atoms with van der Waals surface area (Å²) >= 11 is 7.07. The molecule has 11 heteroatoms. The largest absolute Gasteiger partial charge is 0.390 e. The standard InChI is InChI=1S/C23H22ClFN4O4S/c24-20-7-6-19(34-20)23(33)26-14-9-16(13-30)28(11-14)12-21(31)27-18-5-4-15(10-17(18)25)29-8-2-1-3-22(29)32/h1-8,10,14,16,30H,9,11-13H2,(H,26,33)(H,27,31)/p+1/t14-,16+/m1/s1. The van der Waals surface area contributed by atoms with E-state index in [-0.39, 0.29) is 42.4 Å². The van der Waals surface area contributed by atoms with E-state index in [0.29, 0.717) is 27.9 Å². The summed E-state index contributed by atoms with van der Waals surface area (Å²) in [6.45, 7) is 0.304. The third-order valence-electron chi connectivity index (χ3n) is 5.72. The van der Waals surface area contributed by atoms with E-state index in [9.17, 15) is 23.9 Å². The first kappa shape index (κ1) is 24.1. The molecule has 1 saturated heterocycles. The Kier molecular flexibility index (Phi) is 7.42. The number of halogens is 2. The molecule has 8 nitrogen and oxygen atoms in total. The maximum absolute atomic E-state index is 14.6. The molecule has 0 aliphatic carbocycles. The number of thiophene rings is 1. The maximum atomic E-state index is 14.6. The number of nitrogens with zero attached hydrogens (tertiary/aromatic N) is 1. The summed E-state index contributed by atoms with van der Waals surface area (Å²) < 4.78 is 16.4. The smallest absolute Gasteiger partial charge is 0.279 e.